The van der Waals surface area contributed by atoms with Gasteiger partial charge in [-0.05, 0) is 30.9 Å². The lowest BCUT2D eigenvalue weighted by atomic mass is 10.1. The Bertz CT molecular complexity index is 972. The Kier molecular flexibility index (Phi) is 7.55. The second kappa shape index (κ2) is 10.3. The van der Waals surface area contributed by atoms with Gasteiger partial charge in [-0.3, -0.25) is 4.79 Å². The zero-order valence-corrected chi connectivity index (χ0v) is 18.2. The highest BCUT2D eigenvalue weighted by Crippen LogP contribution is 2.27. The van der Waals surface area contributed by atoms with Crippen molar-refractivity contribution < 1.29 is 4.79 Å². The highest BCUT2D eigenvalue weighted by atomic mass is 32.2. The van der Waals surface area contributed by atoms with Gasteiger partial charge in [-0.15, -0.1) is 28.5 Å². The topological polar surface area (TPSA) is 59.8 Å². The summed E-state index contributed by atoms with van der Waals surface area (Å²) < 4.78 is 2.02. The van der Waals surface area contributed by atoms with Crippen molar-refractivity contribution in [2.45, 2.75) is 35.2 Å². The van der Waals surface area contributed by atoms with Crippen LogP contribution in [0.4, 0.5) is 5.69 Å². The van der Waals surface area contributed by atoms with E-state index in [0.29, 0.717) is 13.0 Å². The third kappa shape index (κ3) is 5.52. The molecule has 2 aromatic carbocycles. The summed E-state index contributed by atoms with van der Waals surface area (Å²) in [5.41, 5.74) is 2.00. The molecular formula is C22H24N4OS2. The summed E-state index contributed by atoms with van der Waals surface area (Å²) in [6.07, 6.45) is 4.50. The zero-order valence-electron chi connectivity index (χ0n) is 16.5. The largest absolute Gasteiger partial charge is 0.324 e. The Hall–Kier alpha value is -2.51. The number of amides is 1. The number of carbonyl (C=O) groups is 1. The number of anilines is 1. The molecule has 0 aliphatic heterocycles. The van der Waals surface area contributed by atoms with Crippen LogP contribution in [0, 0.1) is 0 Å². The smallest absolute Gasteiger partial charge is 0.237 e. The SMILES string of the molecule is C=CCn1c(Cc2ccccc2)nnc1SC(C)C(=O)Nc1ccccc1SC. The number of nitrogens with one attached hydrogen (secondary N) is 1. The van der Waals surface area contributed by atoms with E-state index in [1.165, 1.54) is 17.3 Å². The van der Waals surface area contributed by atoms with E-state index < -0.39 is 0 Å². The van der Waals surface area contributed by atoms with Crippen LogP contribution in [0.3, 0.4) is 0 Å². The third-order valence-corrected chi connectivity index (χ3v) is 6.20. The Balaban J connectivity index is 1.73. The summed E-state index contributed by atoms with van der Waals surface area (Å²) in [7, 11) is 0. The van der Waals surface area contributed by atoms with Crippen LogP contribution in [-0.4, -0.2) is 32.2 Å². The average Bonchev–Trinajstić information content (AvgIpc) is 3.10. The van der Waals surface area contributed by atoms with Crippen molar-refractivity contribution in [2.75, 3.05) is 11.6 Å². The molecular weight excluding hydrogens is 400 g/mol. The molecule has 0 fully saturated rings. The molecule has 150 valence electrons. The van der Waals surface area contributed by atoms with E-state index in [1.54, 1.807) is 11.8 Å². The predicted molar refractivity (Wildman–Crippen MR) is 122 cm³/mol. The second-order valence-corrected chi connectivity index (χ2v) is 8.57. The lowest BCUT2D eigenvalue weighted by molar-refractivity contribution is -0.115. The van der Waals surface area contributed by atoms with Crippen LogP contribution in [0.2, 0.25) is 0 Å². The first-order valence-corrected chi connectivity index (χ1v) is 11.4. The van der Waals surface area contributed by atoms with Crippen LogP contribution in [0.5, 0.6) is 0 Å². The van der Waals surface area contributed by atoms with E-state index in [2.05, 4.69) is 34.2 Å². The molecule has 0 radical (unpaired) electrons. The fraction of sp³-hybridized carbons (Fsp3) is 0.227. The number of aromatic nitrogens is 3. The summed E-state index contributed by atoms with van der Waals surface area (Å²) in [6.45, 7) is 6.33. The lowest BCUT2D eigenvalue weighted by Gasteiger charge is -2.14. The van der Waals surface area contributed by atoms with Gasteiger partial charge in [0, 0.05) is 17.9 Å². The maximum absolute atomic E-state index is 12.7. The molecule has 0 aliphatic rings. The van der Waals surface area contributed by atoms with Crippen molar-refractivity contribution in [3.8, 4) is 0 Å². The number of benzene rings is 2. The van der Waals surface area contributed by atoms with E-state index in [1.807, 2.05) is 66.3 Å². The fourth-order valence-electron chi connectivity index (χ4n) is 2.82. The minimum absolute atomic E-state index is 0.0609. The maximum atomic E-state index is 12.7. The Morgan fingerprint density at radius 3 is 2.62 bits per heavy atom. The molecule has 0 aliphatic carbocycles. The van der Waals surface area contributed by atoms with Crippen LogP contribution in [0.15, 0.2) is 77.3 Å². The predicted octanol–water partition coefficient (Wildman–Crippen LogP) is 4.90. The van der Waals surface area contributed by atoms with Gasteiger partial charge in [-0.2, -0.15) is 0 Å². The number of nitrogens with zero attached hydrogens (tertiary/aromatic N) is 3. The van der Waals surface area contributed by atoms with Crippen LogP contribution in [0.1, 0.15) is 18.3 Å². The molecule has 0 saturated heterocycles. The molecule has 1 aromatic heterocycles. The normalized spacial score (nSPS) is 11.8. The summed E-state index contributed by atoms with van der Waals surface area (Å²) in [6, 6.07) is 18.0. The lowest BCUT2D eigenvalue weighted by Crippen LogP contribution is -2.23. The quantitative estimate of drug-likeness (QED) is 0.391. The Morgan fingerprint density at radius 1 is 1.17 bits per heavy atom. The fourth-order valence-corrected chi connectivity index (χ4v) is 4.25. The molecule has 0 bridgehead atoms. The van der Waals surface area contributed by atoms with Crippen LogP contribution in [0.25, 0.3) is 0 Å². The maximum Gasteiger partial charge on any atom is 0.237 e. The van der Waals surface area contributed by atoms with Gasteiger partial charge in [0.1, 0.15) is 5.82 Å². The van der Waals surface area contributed by atoms with E-state index >= 15 is 0 Å². The van der Waals surface area contributed by atoms with Crippen molar-refractivity contribution in [3.63, 3.8) is 0 Å². The first-order chi connectivity index (χ1) is 14.1. The Labute approximate surface area is 180 Å². The van der Waals surface area contributed by atoms with Crippen molar-refractivity contribution in [2.24, 2.45) is 0 Å². The molecule has 1 unspecified atom stereocenters. The summed E-state index contributed by atoms with van der Waals surface area (Å²) >= 11 is 3.01. The van der Waals surface area contributed by atoms with Crippen LogP contribution in [-0.2, 0) is 17.8 Å². The molecule has 1 amide bonds. The molecule has 1 atom stereocenters. The number of hydrogen-bond acceptors (Lipinski definition) is 5. The third-order valence-electron chi connectivity index (χ3n) is 4.33. The first-order valence-electron chi connectivity index (χ1n) is 9.29. The molecule has 0 spiro atoms. The minimum atomic E-state index is -0.317. The molecule has 0 saturated carbocycles. The first kappa shape index (κ1) is 21.2. The van der Waals surface area contributed by atoms with E-state index in [-0.39, 0.29) is 11.2 Å². The van der Waals surface area contributed by atoms with Crippen molar-refractivity contribution in [1.82, 2.24) is 14.8 Å². The zero-order chi connectivity index (χ0) is 20.6. The molecule has 29 heavy (non-hydrogen) atoms. The van der Waals surface area contributed by atoms with E-state index in [9.17, 15) is 4.79 Å². The number of thioether (sulfide) groups is 2. The van der Waals surface area contributed by atoms with Gasteiger partial charge in [0.05, 0.1) is 10.9 Å². The minimum Gasteiger partial charge on any atom is -0.324 e. The summed E-state index contributed by atoms with van der Waals surface area (Å²) in [5.74, 6) is 0.799. The van der Waals surface area contributed by atoms with Crippen LogP contribution < -0.4 is 5.32 Å². The highest BCUT2D eigenvalue weighted by Gasteiger charge is 2.20. The van der Waals surface area contributed by atoms with Crippen molar-refractivity contribution >= 4 is 35.1 Å². The average molecular weight is 425 g/mol. The highest BCUT2D eigenvalue weighted by molar-refractivity contribution is 8.00. The molecule has 5 nitrogen and oxygen atoms in total. The number of para-hydroxylation sites is 1. The van der Waals surface area contributed by atoms with Gasteiger partial charge in [-0.1, -0.05) is 60.3 Å². The standard InChI is InChI=1S/C22H24N4OS2/c1-4-14-26-20(15-17-10-6-5-7-11-17)24-25-22(26)29-16(2)21(27)23-18-12-8-9-13-19(18)28-3/h4-13,16H,1,14-15H2,2-3H3,(H,23,27). The summed E-state index contributed by atoms with van der Waals surface area (Å²) in [4.78, 5) is 13.8. The van der Waals surface area contributed by atoms with E-state index in [4.69, 9.17) is 0 Å². The summed E-state index contributed by atoms with van der Waals surface area (Å²) in [5, 5.41) is 12.1. The number of hydrogen-bond donors (Lipinski definition) is 1. The Morgan fingerprint density at radius 2 is 1.90 bits per heavy atom. The number of allylic oxidation sites excluding steroid dienone is 1. The van der Waals surface area contributed by atoms with Gasteiger partial charge in [0.25, 0.3) is 0 Å². The molecule has 3 rings (SSSR count). The number of rotatable bonds is 9. The van der Waals surface area contributed by atoms with E-state index in [0.717, 1.165) is 21.6 Å². The molecule has 1 heterocycles. The number of carbonyl (C=O) groups excluding carboxylic acids is 1. The monoisotopic (exact) mass is 424 g/mol. The molecule has 7 heteroatoms. The second-order valence-electron chi connectivity index (χ2n) is 6.41. The van der Waals surface area contributed by atoms with Crippen LogP contribution >= 0.6 is 23.5 Å². The van der Waals surface area contributed by atoms with Crippen molar-refractivity contribution in [3.05, 3.63) is 78.6 Å². The molecule has 1 N–H and O–H groups in total. The van der Waals surface area contributed by atoms with Crippen molar-refractivity contribution in [1.29, 1.82) is 0 Å². The van der Waals surface area contributed by atoms with Gasteiger partial charge >= 0.3 is 0 Å². The van der Waals surface area contributed by atoms with Gasteiger partial charge in [0.15, 0.2) is 5.16 Å². The van der Waals surface area contributed by atoms with Gasteiger partial charge < -0.3 is 9.88 Å². The van der Waals surface area contributed by atoms with Gasteiger partial charge in [-0.25, -0.2) is 0 Å². The van der Waals surface area contributed by atoms with Gasteiger partial charge in [0.2, 0.25) is 5.91 Å². The molecule has 3 aromatic rings.